The number of aryl methyl sites for hydroxylation is 2. The molecule has 0 aliphatic carbocycles. The second-order valence-corrected chi connectivity index (χ2v) is 4.75. The molecule has 0 aliphatic rings. The van der Waals surface area contributed by atoms with Gasteiger partial charge in [-0.1, -0.05) is 41.4 Å². The van der Waals surface area contributed by atoms with Crippen molar-refractivity contribution in [3.63, 3.8) is 0 Å². The largest absolute Gasteiger partial charge is 0.294 e. The quantitative estimate of drug-likeness (QED) is 0.876. The van der Waals surface area contributed by atoms with E-state index in [0.29, 0.717) is 10.8 Å². The van der Waals surface area contributed by atoms with E-state index in [2.05, 4.69) is 15.3 Å². The lowest BCUT2D eigenvalue weighted by atomic mass is 10.1. The highest BCUT2D eigenvalue weighted by atomic mass is 35.5. The average molecular weight is 276 g/mol. The monoisotopic (exact) mass is 275 g/mol. The SMILES string of the molecule is Cc1ccc(CC(=O)Nc2nc(C)cc(Cl)n2)cc1. The number of hydrogen-bond donors (Lipinski definition) is 1. The van der Waals surface area contributed by atoms with E-state index in [1.807, 2.05) is 31.2 Å². The van der Waals surface area contributed by atoms with E-state index in [-0.39, 0.29) is 18.3 Å². The maximum atomic E-state index is 11.9. The lowest BCUT2D eigenvalue weighted by Gasteiger charge is -2.05. The van der Waals surface area contributed by atoms with E-state index in [0.717, 1.165) is 11.1 Å². The lowest BCUT2D eigenvalue weighted by Crippen LogP contribution is -2.16. The summed E-state index contributed by atoms with van der Waals surface area (Å²) in [5.41, 5.74) is 2.82. The van der Waals surface area contributed by atoms with Gasteiger partial charge >= 0.3 is 0 Å². The molecular formula is C14H14ClN3O. The predicted octanol–water partition coefficient (Wildman–Crippen LogP) is 2.93. The van der Waals surface area contributed by atoms with E-state index in [4.69, 9.17) is 11.6 Å². The topological polar surface area (TPSA) is 54.9 Å². The fourth-order valence-electron chi connectivity index (χ4n) is 1.65. The van der Waals surface area contributed by atoms with Crippen LogP contribution in [0.3, 0.4) is 0 Å². The van der Waals surface area contributed by atoms with Crippen LogP contribution in [-0.2, 0) is 11.2 Å². The van der Waals surface area contributed by atoms with Crippen LogP contribution >= 0.6 is 11.6 Å². The Balaban J connectivity index is 2.03. The summed E-state index contributed by atoms with van der Waals surface area (Å²) in [6, 6.07) is 9.44. The van der Waals surface area contributed by atoms with E-state index in [1.165, 1.54) is 0 Å². The van der Waals surface area contributed by atoms with Crippen LogP contribution in [0.25, 0.3) is 0 Å². The Bertz CT molecular complexity index is 576. The molecular weight excluding hydrogens is 262 g/mol. The lowest BCUT2D eigenvalue weighted by molar-refractivity contribution is -0.115. The number of hydrogen-bond acceptors (Lipinski definition) is 3. The summed E-state index contributed by atoms with van der Waals surface area (Å²) in [6.07, 6.45) is 0.287. The number of nitrogens with zero attached hydrogens (tertiary/aromatic N) is 2. The number of anilines is 1. The molecule has 1 aromatic heterocycles. The molecule has 0 radical (unpaired) electrons. The molecule has 98 valence electrons. The van der Waals surface area contributed by atoms with E-state index in [9.17, 15) is 4.79 Å². The minimum atomic E-state index is -0.162. The van der Waals surface area contributed by atoms with Gasteiger partial charge in [-0.15, -0.1) is 0 Å². The molecule has 1 heterocycles. The van der Waals surface area contributed by atoms with Gasteiger partial charge in [-0.2, -0.15) is 0 Å². The summed E-state index contributed by atoms with van der Waals surface area (Å²) in [5, 5.41) is 2.96. The molecule has 1 amide bonds. The van der Waals surface area contributed by atoms with Crippen LogP contribution in [0.15, 0.2) is 30.3 Å². The van der Waals surface area contributed by atoms with Crippen molar-refractivity contribution >= 4 is 23.5 Å². The third-order valence-electron chi connectivity index (χ3n) is 2.56. The summed E-state index contributed by atoms with van der Waals surface area (Å²) < 4.78 is 0. The number of carbonyl (C=O) groups excluding carboxylic acids is 1. The van der Waals surface area contributed by atoms with Gasteiger partial charge in [-0.05, 0) is 25.5 Å². The molecule has 2 aromatic rings. The molecule has 0 saturated heterocycles. The molecule has 0 atom stereocenters. The number of aromatic nitrogens is 2. The molecule has 0 spiro atoms. The molecule has 1 N–H and O–H groups in total. The zero-order valence-corrected chi connectivity index (χ0v) is 11.5. The normalized spacial score (nSPS) is 10.3. The number of carbonyl (C=O) groups is 1. The minimum Gasteiger partial charge on any atom is -0.294 e. The fourth-order valence-corrected chi connectivity index (χ4v) is 1.88. The second kappa shape index (κ2) is 5.80. The van der Waals surface area contributed by atoms with Gasteiger partial charge in [0.1, 0.15) is 5.15 Å². The van der Waals surface area contributed by atoms with Crippen molar-refractivity contribution in [3.05, 3.63) is 52.3 Å². The Kier molecular flexibility index (Phi) is 4.12. The maximum Gasteiger partial charge on any atom is 0.231 e. The van der Waals surface area contributed by atoms with Crippen LogP contribution in [0.2, 0.25) is 5.15 Å². The van der Waals surface area contributed by atoms with Gasteiger partial charge in [0.25, 0.3) is 0 Å². The summed E-state index contributed by atoms with van der Waals surface area (Å²) >= 11 is 5.81. The Hall–Kier alpha value is -1.94. The first-order chi connectivity index (χ1) is 9.02. The number of rotatable bonds is 3. The summed E-state index contributed by atoms with van der Waals surface area (Å²) in [4.78, 5) is 19.9. The number of nitrogens with one attached hydrogen (secondary N) is 1. The van der Waals surface area contributed by atoms with Crippen LogP contribution in [0, 0.1) is 13.8 Å². The van der Waals surface area contributed by atoms with Gasteiger partial charge < -0.3 is 0 Å². The Morgan fingerprint density at radius 2 is 1.89 bits per heavy atom. The molecule has 0 bridgehead atoms. The maximum absolute atomic E-state index is 11.9. The van der Waals surface area contributed by atoms with Crippen LogP contribution in [0.4, 0.5) is 5.95 Å². The Morgan fingerprint density at radius 1 is 1.21 bits per heavy atom. The van der Waals surface area contributed by atoms with Crippen LogP contribution < -0.4 is 5.32 Å². The Labute approximate surface area is 116 Å². The Morgan fingerprint density at radius 3 is 2.53 bits per heavy atom. The molecule has 0 aliphatic heterocycles. The first kappa shape index (κ1) is 13.5. The zero-order chi connectivity index (χ0) is 13.8. The van der Waals surface area contributed by atoms with Crippen molar-refractivity contribution in [2.75, 3.05) is 5.32 Å². The van der Waals surface area contributed by atoms with Crippen molar-refractivity contribution < 1.29 is 4.79 Å². The van der Waals surface area contributed by atoms with Gasteiger partial charge in [0.15, 0.2) is 0 Å². The van der Waals surface area contributed by atoms with Gasteiger partial charge in [0.2, 0.25) is 11.9 Å². The smallest absolute Gasteiger partial charge is 0.231 e. The fraction of sp³-hybridized carbons (Fsp3) is 0.214. The van der Waals surface area contributed by atoms with Crippen LogP contribution in [0.5, 0.6) is 0 Å². The first-order valence-corrected chi connectivity index (χ1v) is 6.27. The summed E-state index contributed by atoms with van der Waals surface area (Å²) in [5.74, 6) is 0.0765. The van der Waals surface area contributed by atoms with Gasteiger partial charge in [0.05, 0.1) is 6.42 Å². The zero-order valence-electron chi connectivity index (χ0n) is 10.8. The van der Waals surface area contributed by atoms with Crippen molar-refractivity contribution in [2.24, 2.45) is 0 Å². The number of benzene rings is 1. The van der Waals surface area contributed by atoms with Crippen LogP contribution in [-0.4, -0.2) is 15.9 Å². The molecule has 1 aromatic carbocycles. The number of amides is 1. The van der Waals surface area contributed by atoms with Crippen molar-refractivity contribution in [1.82, 2.24) is 9.97 Å². The molecule has 2 rings (SSSR count). The van der Waals surface area contributed by atoms with Crippen molar-refractivity contribution in [3.8, 4) is 0 Å². The van der Waals surface area contributed by atoms with Crippen molar-refractivity contribution in [1.29, 1.82) is 0 Å². The molecule has 0 saturated carbocycles. The molecule has 5 heteroatoms. The highest BCUT2D eigenvalue weighted by molar-refractivity contribution is 6.29. The minimum absolute atomic E-state index is 0.162. The number of halogens is 1. The van der Waals surface area contributed by atoms with Crippen LogP contribution in [0.1, 0.15) is 16.8 Å². The average Bonchev–Trinajstić information content (AvgIpc) is 2.30. The second-order valence-electron chi connectivity index (χ2n) is 4.37. The third-order valence-corrected chi connectivity index (χ3v) is 2.75. The molecule has 19 heavy (non-hydrogen) atoms. The van der Waals surface area contributed by atoms with E-state index in [1.54, 1.807) is 13.0 Å². The molecule has 4 nitrogen and oxygen atoms in total. The van der Waals surface area contributed by atoms with Crippen molar-refractivity contribution in [2.45, 2.75) is 20.3 Å². The summed E-state index contributed by atoms with van der Waals surface area (Å²) in [6.45, 7) is 3.80. The standard InChI is InChI=1S/C14H14ClN3O/c1-9-3-5-11(6-4-9)8-13(19)18-14-16-10(2)7-12(15)17-14/h3-7H,8H2,1-2H3,(H,16,17,18,19). The van der Waals surface area contributed by atoms with E-state index >= 15 is 0 Å². The highest BCUT2D eigenvalue weighted by Gasteiger charge is 2.07. The third kappa shape index (κ3) is 4.03. The highest BCUT2D eigenvalue weighted by Crippen LogP contribution is 2.10. The molecule has 0 fully saturated rings. The molecule has 0 unspecified atom stereocenters. The van der Waals surface area contributed by atoms with Gasteiger partial charge in [0, 0.05) is 5.69 Å². The van der Waals surface area contributed by atoms with Gasteiger partial charge in [-0.3, -0.25) is 10.1 Å². The summed E-state index contributed by atoms with van der Waals surface area (Å²) in [7, 11) is 0. The van der Waals surface area contributed by atoms with E-state index < -0.39 is 0 Å². The first-order valence-electron chi connectivity index (χ1n) is 5.89. The predicted molar refractivity (Wildman–Crippen MR) is 75.3 cm³/mol. The van der Waals surface area contributed by atoms with Gasteiger partial charge in [-0.25, -0.2) is 9.97 Å².